The van der Waals surface area contributed by atoms with Crippen LogP contribution in [0.4, 0.5) is 0 Å². The molecule has 1 aliphatic rings. The smallest absolute Gasteiger partial charge is 0.242 e. The van der Waals surface area contributed by atoms with Gasteiger partial charge < -0.3 is 10.6 Å². The molecular formula is C11H19N5O. The van der Waals surface area contributed by atoms with Crippen LogP contribution in [0.25, 0.3) is 0 Å². The standard InChI is InChI=1S/C11H19N5O/c1-2-5-12-6-10-7-16(15-14-10)8-11(17)13-9-3-4-9/h7,9,12H,2-6,8H2,1H3,(H,13,17). The number of carbonyl (C=O) groups is 1. The van der Waals surface area contributed by atoms with Gasteiger partial charge in [0.25, 0.3) is 0 Å². The molecule has 0 unspecified atom stereocenters. The van der Waals surface area contributed by atoms with Gasteiger partial charge in [-0.05, 0) is 25.8 Å². The monoisotopic (exact) mass is 237 g/mol. The van der Waals surface area contributed by atoms with Gasteiger partial charge in [-0.2, -0.15) is 0 Å². The zero-order valence-electron chi connectivity index (χ0n) is 10.1. The predicted octanol–water partition coefficient (Wildman–Crippen LogP) is 0.0563. The Kier molecular flexibility index (Phi) is 4.08. The van der Waals surface area contributed by atoms with Gasteiger partial charge in [-0.25, -0.2) is 4.68 Å². The van der Waals surface area contributed by atoms with E-state index in [1.807, 2.05) is 6.20 Å². The third-order valence-electron chi connectivity index (χ3n) is 2.57. The first kappa shape index (κ1) is 12.0. The summed E-state index contributed by atoms with van der Waals surface area (Å²) in [5, 5.41) is 14.1. The van der Waals surface area contributed by atoms with E-state index in [9.17, 15) is 4.79 Å². The average molecular weight is 237 g/mol. The Morgan fingerprint density at radius 3 is 3.12 bits per heavy atom. The van der Waals surface area contributed by atoms with Gasteiger partial charge in [0.05, 0.1) is 11.9 Å². The lowest BCUT2D eigenvalue weighted by atomic mass is 10.4. The van der Waals surface area contributed by atoms with Gasteiger partial charge in [-0.15, -0.1) is 5.10 Å². The quantitative estimate of drug-likeness (QED) is 0.658. The van der Waals surface area contributed by atoms with E-state index in [0.29, 0.717) is 12.6 Å². The zero-order valence-corrected chi connectivity index (χ0v) is 10.1. The highest BCUT2D eigenvalue weighted by atomic mass is 16.2. The molecule has 1 heterocycles. The van der Waals surface area contributed by atoms with Crippen LogP contribution >= 0.6 is 0 Å². The number of aromatic nitrogens is 3. The van der Waals surface area contributed by atoms with E-state index >= 15 is 0 Å². The molecule has 0 aliphatic heterocycles. The first-order valence-corrected chi connectivity index (χ1v) is 6.17. The number of carbonyl (C=O) groups excluding carboxylic acids is 1. The summed E-state index contributed by atoms with van der Waals surface area (Å²) in [6, 6.07) is 0.400. The van der Waals surface area contributed by atoms with Crippen LogP contribution in [-0.2, 0) is 17.9 Å². The van der Waals surface area contributed by atoms with Crippen LogP contribution in [-0.4, -0.2) is 33.5 Å². The molecule has 6 nitrogen and oxygen atoms in total. The fourth-order valence-corrected chi connectivity index (χ4v) is 1.54. The van der Waals surface area contributed by atoms with Crippen molar-refractivity contribution in [2.45, 2.75) is 45.3 Å². The fraction of sp³-hybridized carbons (Fsp3) is 0.727. The summed E-state index contributed by atoms with van der Waals surface area (Å²) in [5.74, 6) is 0.0190. The Balaban J connectivity index is 1.74. The molecule has 1 fully saturated rings. The van der Waals surface area contributed by atoms with Crippen LogP contribution < -0.4 is 10.6 Å². The van der Waals surface area contributed by atoms with E-state index in [2.05, 4.69) is 27.9 Å². The second-order valence-corrected chi connectivity index (χ2v) is 4.43. The third-order valence-corrected chi connectivity index (χ3v) is 2.57. The van der Waals surface area contributed by atoms with Gasteiger partial charge in [0.1, 0.15) is 6.54 Å². The largest absolute Gasteiger partial charge is 0.352 e. The molecule has 1 amide bonds. The first-order valence-electron chi connectivity index (χ1n) is 6.17. The number of nitrogens with zero attached hydrogens (tertiary/aromatic N) is 3. The number of nitrogens with one attached hydrogen (secondary N) is 2. The SMILES string of the molecule is CCCNCc1cn(CC(=O)NC2CC2)nn1. The summed E-state index contributed by atoms with van der Waals surface area (Å²) in [7, 11) is 0. The molecule has 0 atom stereocenters. The summed E-state index contributed by atoms with van der Waals surface area (Å²) < 4.78 is 1.58. The van der Waals surface area contributed by atoms with Crippen molar-refractivity contribution < 1.29 is 4.79 Å². The summed E-state index contributed by atoms with van der Waals surface area (Å²) in [6.07, 6.45) is 5.12. The summed E-state index contributed by atoms with van der Waals surface area (Å²) in [5.41, 5.74) is 0.873. The third kappa shape index (κ3) is 4.14. The molecule has 0 saturated heterocycles. The van der Waals surface area contributed by atoms with Crippen molar-refractivity contribution in [1.82, 2.24) is 25.6 Å². The molecule has 1 aromatic rings. The molecule has 1 saturated carbocycles. The Hall–Kier alpha value is -1.43. The Morgan fingerprint density at radius 2 is 2.41 bits per heavy atom. The van der Waals surface area contributed by atoms with Crippen molar-refractivity contribution in [2.24, 2.45) is 0 Å². The van der Waals surface area contributed by atoms with E-state index in [1.54, 1.807) is 4.68 Å². The van der Waals surface area contributed by atoms with Gasteiger partial charge in [-0.3, -0.25) is 4.79 Å². The van der Waals surface area contributed by atoms with Gasteiger partial charge in [0.2, 0.25) is 5.91 Å². The second kappa shape index (κ2) is 5.77. The summed E-state index contributed by atoms with van der Waals surface area (Å²) in [4.78, 5) is 11.5. The highest BCUT2D eigenvalue weighted by Crippen LogP contribution is 2.18. The molecule has 0 bridgehead atoms. The van der Waals surface area contributed by atoms with Crippen LogP contribution in [0.5, 0.6) is 0 Å². The number of rotatable bonds is 7. The highest BCUT2D eigenvalue weighted by molar-refractivity contribution is 5.76. The molecule has 2 N–H and O–H groups in total. The molecule has 2 rings (SSSR count). The van der Waals surface area contributed by atoms with Crippen molar-refractivity contribution >= 4 is 5.91 Å². The Morgan fingerprint density at radius 1 is 1.59 bits per heavy atom. The number of hydrogen-bond donors (Lipinski definition) is 2. The minimum Gasteiger partial charge on any atom is -0.352 e. The zero-order chi connectivity index (χ0) is 12.1. The van der Waals surface area contributed by atoms with Crippen LogP contribution in [0.2, 0.25) is 0 Å². The van der Waals surface area contributed by atoms with E-state index in [0.717, 1.165) is 31.5 Å². The van der Waals surface area contributed by atoms with Crippen molar-refractivity contribution in [1.29, 1.82) is 0 Å². The Bertz CT molecular complexity index is 372. The van der Waals surface area contributed by atoms with Crippen molar-refractivity contribution in [3.63, 3.8) is 0 Å². The van der Waals surface area contributed by atoms with Gasteiger partial charge >= 0.3 is 0 Å². The number of amides is 1. The van der Waals surface area contributed by atoms with E-state index in [-0.39, 0.29) is 12.5 Å². The normalized spacial score (nSPS) is 14.9. The van der Waals surface area contributed by atoms with Crippen LogP contribution in [0, 0.1) is 0 Å². The molecule has 1 aromatic heterocycles. The minimum atomic E-state index is 0.0190. The van der Waals surface area contributed by atoms with Crippen molar-refractivity contribution in [3.8, 4) is 0 Å². The highest BCUT2D eigenvalue weighted by Gasteiger charge is 2.23. The van der Waals surface area contributed by atoms with Gasteiger partial charge in [0.15, 0.2) is 0 Å². The molecule has 0 radical (unpaired) electrons. The lowest BCUT2D eigenvalue weighted by Crippen LogP contribution is -2.29. The molecule has 0 aromatic carbocycles. The lowest BCUT2D eigenvalue weighted by molar-refractivity contribution is -0.122. The average Bonchev–Trinajstić information content (AvgIpc) is 2.99. The molecule has 0 spiro atoms. The maximum atomic E-state index is 11.5. The number of hydrogen-bond acceptors (Lipinski definition) is 4. The first-order chi connectivity index (χ1) is 8.28. The van der Waals surface area contributed by atoms with Crippen LogP contribution in [0.1, 0.15) is 31.9 Å². The van der Waals surface area contributed by atoms with Crippen molar-refractivity contribution in [2.75, 3.05) is 6.54 Å². The van der Waals surface area contributed by atoms with Crippen LogP contribution in [0.3, 0.4) is 0 Å². The molecule has 17 heavy (non-hydrogen) atoms. The van der Waals surface area contributed by atoms with E-state index < -0.39 is 0 Å². The summed E-state index contributed by atoms with van der Waals surface area (Å²) >= 11 is 0. The van der Waals surface area contributed by atoms with Crippen molar-refractivity contribution in [3.05, 3.63) is 11.9 Å². The topological polar surface area (TPSA) is 71.8 Å². The van der Waals surface area contributed by atoms with Crippen LogP contribution in [0.15, 0.2) is 6.20 Å². The maximum absolute atomic E-state index is 11.5. The lowest BCUT2D eigenvalue weighted by Gasteiger charge is -2.01. The van der Waals surface area contributed by atoms with E-state index in [1.165, 1.54) is 0 Å². The molecule has 6 heteroatoms. The second-order valence-electron chi connectivity index (χ2n) is 4.43. The predicted molar refractivity (Wildman–Crippen MR) is 63.2 cm³/mol. The molecule has 94 valence electrons. The fourth-order valence-electron chi connectivity index (χ4n) is 1.54. The molecule has 1 aliphatic carbocycles. The van der Waals surface area contributed by atoms with Gasteiger partial charge in [-0.1, -0.05) is 12.1 Å². The minimum absolute atomic E-state index is 0.0190. The van der Waals surface area contributed by atoms with Gasteiger partial charge in [0, 0.05) is 12.6 Å². The van der Waals surface area contributed by atoms with E-state index in [4.69, 9.17) is 0 Å². The molecular weight excluding hydrogens is 218 g/mol. The maximum Gasteiger partial charge on any atom is 0.242 e. The summed E-state index contributed by atoms with van der Waals surface area (Å²) in [6.45, 7) is 4.05. The Labute approximate surface area is 101 Å².